The van der Waals surface area contributed by atoms with Crippen LogP contribution < -0.4 is 10.1 Å². The summed E-state index contributed by atoms with van der Waals surface area (Å²) in [5.74, 6) is 0.200. The molecular weight excluding hydrogens is 300 g/mol. The molecule has 1 atom stereocenters. The van der Waals surface area contributed by atoms with Crippen molar-refractivity contribution in [2.24, 2.45) is 0 Å². The van der Waals surface area contributed by atoms with Crippen LogP contribution >= 0.6 is 11.3 Å². The Morgan fingerprint density at radius 3 is 2.73 bits per heavy atom. The summed E-state index contributed by atoms with van der Waals surface area (Å²) in [5, 5.41) is 16.4. The molecule has 0 saturated carbocycles. The lowest BCUT2D eigenvalue weighted by molar-refractivity contribution is 0.0915. The molecular formula is C16H20N2O3S. The van der Waals surface area contributed by atoms with Crippen LogP contribution in [0.25, 0.3) is 0 Å². The third kappa shape index (κ3) is 4.82. The van der Waals surface area contributed by atoms with Crippen LogP contribution in [-0.2, 0) is 0 Å². The number of aromatic nitrogens is 1. The molecule has 2 N–H and O–H groups in total. The first-order valence-corrected chi connectivity index (χ1v) is 7.93. The minimum absolute atomic E-state index is 0.163. The molecule has 0 aliphatic heterocycles. The zero-order chi connectivity index (χ0) is 16.2. The predicted octanol–water partition coefficient (Wildman–Crippen LogP) is 2.78. The van der Waals surface area contributed by atoms with Gasteiger partial charge in [0, 0.05) is 18.8 Å². The van der Waals surface area contributed by atoms with E-state index in [1.807, 2.05) is 37.6 Å². The van der Waals surface area contributed by atoms with Gasteiger partial charge in [0.05, 0.1) is 11.7 Å². The molecule has 22 heavy (non-hydrogen) atoms. The minimum Gasteiger partial charge on any atom is -0.472 e. The summed E-state index contributed by atoms with van der Waals surface area (Å²) in [6.07, 6.45) is 0.763. The molecule has 5 nitrogen and oxygen atoms in total. The molecule has 0 radical (unpaired) electrons. The Hall–Kier alpha value is -1.92. The highest BCUT2D eigenvalue weighted by Gasteiger charge is 2.14. The summed E-state index contributed by atoms with van der Waals surface area (Å²) in [7, 11) is 0. The van der Waals surface area contributed by atoms with Crippen molar-refractivity contribution in [3.63, 3.8) is 0 Å². The van der Waals surface area contributed by atoms with Gasteiger partial charge < -0.3 is 15.2 Å². The highest BCUT2D eigenvalue weighted by molar-refractivity contribution is 7.07. The van der Waals surface area contributed by atoms with Crippen LogP contribution in [0.3, 0.4) is 0 Å². The Labute approximate surface area is 134 Å². The number of rotatable bonds is 5. The van der Waals surface area contributed by atoms with Gasteiger partial charge in [-0.2, -0.15) is 11.3 Å². The summed E-state index contributed by atoms with van der Waals surface area (Å²) < 4.78 is 5.60. The monoisotopic (exact) mass is 320 g/mol. The summed E-state index contributed by atoms with van der Waals surface area (Å²) in [6.45, 7) is 5.96. The van der Waals surface area contributed by atoms with E-state index in [0.717, 1.165) is 5.56 Å². The second kappa shape index (κ2) is 6.89. The van der Waals surface area contributed by atoms with E-state index < -0.39 is 6.10 Å². The van der Waals surface area contributed by atoms with E-state index in [0.29, 0.717) is 11.4 Å². The summed E-state index contributed by atoms with van der Waals surface area (Å²) in [4.78, 5) is 16.1. The molecule has 0 spiro atoms. The second-order valence-electron chi connectivity index (χ2n) is 5.88. The molecule has 2 aromatic heterocycles. The fraction of sp³-hybridized carbons (Fsp3) is 0.375. The lowest BCUT2D eigenvalue weighted by Crippen LogP contribution is -2.28. The summed E-state index contributed by atoms with van der Waals surface area (Å²) >= 11 is 1.51. The first-order chi connectivity index (χ1) is 10.3. The van der Waals surface area contributed by atoms with E-state index in [1.165, 1.54) is 17.5 Å². The Kier molecular flexibility index (Phi) is 5.15. The molecule has 0 saturated heterocycles. The largest absolute Gasteiger partial charge is 0.472 e. The number of amides is 1. The van der Waals surface area contributed by atoms with Crippen LogP contribution in [0, 0.1) is 0 Å². The number of aliphatic hydroxyl groups is 1. The maximum Gasteiger partial charge on any atom is 0.252 e. The van der Waals surface area contributed by atoms with Crippen molar-refractivity contribution in [3.05, 3.63) is 46.3 Å². The van der Waals surface area contributed by atoms with Crippen LogP contribution in [0.1, 0.15) is 42.8 Å². The molecule has 1 amide bonds. The fourth-order valence-electron chi connectivity index (χ4n) is 1.76. The van der Waals surface area contributed by atoms with Gasteiger partial charge in [-0.1, -0.05) is 0 Å². The third-order valence-electron chi connectivity index (χ3n) is 2.79. The van der Waals surface area contributed by atoms with E-state index in [1.54, 1.807) is 12.1 Å². The standard InChI is InChI=1S/C16H20N2O3S/c1-16(2,3)21-14-5-4-11(8-17-14)15(20)18-9-13(19)12-6-7-22-10-12/h4-8,10,13,19H,9H2,1-3H3,(H,18,20). The maximum atomic E-state index is 12.0. The normalized spacial score (nSPS) is 12.7. The van der Waals surface area contributed by atoms with Crippen molar-refractivity contribution in [1.82, 2.24) is 10.3 Å². The molecule has 0 fully saturated rings. The Morgan fingerprint density at radius 2 is 2.18 bits per heavy atom. The molecule has 118 valence electrons. The Balaban J connectivity index is 1.90. The predicted molar refractivity (Wildman–Crippen MR) is 86.2 cm³/mol. The number of ether oxygens (including phenoxy) is 1. The Morgan fingerprint density at radius 1 is 1.41 bits per heavy atom. The van der Waals surface area contributed by atoms with Crippen LogP contribution in [0.5, 0.6) is 5.88 Å². The van der Waals surface area contributed by atoms with E-state index in [9.17, 15) is 9.90 Å². The number of pyridine rings is 1. The first kappa shape index (κ1) is 16.5. The number of carbonyl (C=O) groups is 1. The van der Waals surface area contributed by atoms with E-state index in [2.05, 4.69) is 10.3 Å². The quantitative estimate of drug-likeness (QED) is 0.888. The molecule has 6 heteroatoms. The van der Waals surface area contributed by atoms with Crippen molar-refractivity contribution in [2.75, 3.05) is 6.54 Å². The number of thiophene rings is 1. The van der Waals surface area contributed by atoms with Gasteiger partial charge in [-0.15, -0.1) is 0 Å². The fourth-order valence-corrected chi connectivity index (χ4v) is 2.47. The van der Waals surface area contributed by atoms with Crippen molar-refractivity contribution in [2.45, 2.75) is 32.5 Å². The lowest BCUT2D eigenvalue weighted by atomic mass is 10.2. The van der Waals surface area contributed by atoms with Crippen LogP contribution in [-0.4, -0.2) is 28.1 Å². The van der Waals surface area contributed by atoms with Crippen LogP contribution in [0.15, 0.2) is 35.2 Å². The molecule has 2 rings (SSSR count). The number of carbonyl (C=O) groups excluding carboxylic acids is 1. The average molecular weight is 320 g/mol. The second-order valence-corrected chi connectivity index (χ2v) is 6.66. The lowest BCUT2D eigenvalue weighted by Gasteiger charge is -2.20. The van der Waals surface area contributed by atoms with E-state index in [4.69, 9.17) is 4.74 Å². The van der Waals surface area contributed by atoms with Crippen molar-refractivity contribution < 1.29 is 14.6 Å². The van der Waals surface area contributed by atoms with Gasteiger partial charge in [-0.25, -0.2) is 4.98 Å². The van der Waals surface area contributed by atoms with Crippen LogP contribution in [0.2, 0.25) is 0 Å². The zero-order valence-corrected chi connectivity index (χ0v) is 13.7. The number of nitrogens with one attached hydrogen (secondary N) is 1. The van der Waals surface area contributed by atoms with Crippen molar-refractivity contribution in [1.29, 1.82) is 0 Å². The topological polar surface area (TPSA) is 71.5 Å². The van der Waals surface area contributed by atoms with Gasteiger partial charge in [-0.05, 0) is 49.2 Å². The molecule has 0 bridgehead atoms. The number of nitrogens with zero attached hydrogens (tertiary/aromatic N) is 1. The Bertz CT molecular complexity index is 603. The van der Waals surface area contributed by atoms with Gasteiger partial charge in [-0.3, -0.25) is 4.79 Å². The summed E-state index contributed by atoms with van der Waals surface area (Å²) in [5.41, 5.74) is 0.901. The van der Waals surface area contributed by atoms with Gasteiger partial charge in [0.25, 0.3) is 5.91 Å². The molecule has 1 unspecified atom stereocenters. The molecule has 0 aliphatic rings. The smallest absolute Gasteiger partial charge is 0.252 e. The van der Waals surface area contributed by atoms with Gasteiger partial charge in [0.2, 0.25) is 5.88 Å². The highest BCUT2D eigenvalue weighted by atomic mass is 32.1. The molecule has 2 heterocycles. The van der Waals surface area contributed by atoms with E-state index >= 15 is 0 Å². The molecule has 0 aliphatic carbocycles. The first-order valence-electron chi connectivity index (χ1n) is 6.98. The number of hydrogen-bond acceptors (Lipinski definition) is 5. The maximum absolute atomic E-state index is 12.0. The molecule has 2 aromatic rings. The van der Waals surface area contributed by atoms with Gasteiger partial charge in [0.1, 0.15) is 5.60 Å². The van der Waals surface area contributed by atoms with Gasteiger partial charge >= 0.3 is 0 Å². The van der Waals surface area contributed by atoms with Crippen LogP contribution in [0.4, 0.5) is 0 Å². The SMILES string of the molecule is CC(C)(C)Oc1ccc(C(=O)NCC(O)c2ccsc2)cn1. The average Bonchev–Trinajstić information content (AvgIpc) is 2.97. The minimum atomic E-state index is -0.702. The highest BCUT2D eigenvalue weighted by Crippen LogP contribution is 2.16. The van der Waals surface area contributed by atoms with Gasteiger partial charge in [0.15, 0.2) is 0 Å². The number of aliphatic hydroxyl groups excluding tert-OH is 1. The molecule has 0 aromatic carbocycles. The van der Waals surface area contributed by atoms with Crippen molar-refractivity contribution >= 4 is 17.2 Å². The summed E-state index contributed by atoms with van der Waals surface area (Å²) in [6, 6.07) is 5.15. The third-order valence-corrected chi connectivity index (χ3v) is 3.49. The zero-order valence-electron chi connectivity index (χ0n) is 12.9. The van der Waals surface area contributed by atoms with E-state index in [-0.39, 0.29) is 18.1 Å². The number of hydrogen-bond donors (Lipinski definition) is 2. The van der Waals surface area contributed by atoms with Crippen molar-refractivity contribution in [3.8, 4) is 5.88 Å².